The summed E-state index contributed by atoms with van der Waals surface area (Å²) in [5.41, 5.74) is 0. The molecule has 0 bridgehead atoms. The molecular weight excluding hydrogens is 431 g/mol. The van der Waals surface area contributed by atoms with Crippen LogP contribution in [0.5, 0.6) is 0 Å². The van der Waals surface area contributed by atoms with Crippen molar-refractivity contribution in [1.29, 1.82) is 0 Å². The average molecular weight is 475 g/mol. The van der Waals surface area contributed by atoms with Crippen molar-refractivity contribution in [2.75, 3.05) is 6.61 Å². The van der Waals surface area contributed by atoms with Crippen molar-refractivity contribution in [3.63, 3.8) is 0 Å². The number of hydrogen-bond donors (Lipinski definition) is 0. The normalized spacial score (nSPS) is 23.6. The van der Waals surface area contributed by atoms with Gasteiger partial charge in [-0.2, -0.15) is 0 Å². The minimum atomic E-state index is -2.35. The van der Waals surface area contributed by atoms with Gasteiger partial charge in [-0.25, -0.2) is 0 Å². The van der Waals surface area contributed by atoms with Crippen LogP contribution in [0.1, 0.15) is 72.6 Å². The maximum atomic E-state index is 13.1. The van der Waals surface area contributed by atoms with Gasteiger partial charge in [0.15, 0.2) is 0 Å². The molecule has 0 aromatic rings. The molecule has 1 aliphatic rings. The number of esters is 1. The zero-order chi connectivity index (χ0) is 19.1. The van der Waals surface area contributed by atoms with Crippen LogP contribution in [0.3, 0.4) is 0 Å². The third kappa shape index (κ3) is 5.27. The summed E-state index contributed by atoms with van der Waals surface area (Å²) in [5, 5.41) is -0.0334. The van der Waals surface area contributed by atoms with Crippen molar-refractivity contribution in [3.05, 3.63) is 0 Å². The number of rotatable bonds is 13. The van der Waals surface area contributed by atoms with Gasteiger partial charge in [-0.15, -0.1) is 0 Å². The first-order valence-electron chi connectivity index (χ1n) is 10.9. The Labute approximate surface area is 162 Å². The van der Waals surface area contributed by atoms with Crippen LogP contribution < -0.4 is 0 Å². The first-order valence-corrected chi connectivity index (χ1v) is 22.1. The fourth-order valence-corrected chi connectivity index (χ4v) is 33.7. The summed E-state index contributed by atoms with van der Waals surface area (Å²) in [6.45, 7) is 16.8. The van der Waals surface area contributed by atoms with Gasteiger partial charge in [0.25, 0.3) is 0 Å². The Balaban J connectivity index is 3.20. The SMILES string of the molecule is CCC[CH2][Sn]([CH2]CCC)([CH2]CCC)[C@H]1C[C@]1(C(=O)OCC)[Si](C)(C)C. The second kappa shape index (κ2) is 10.1. The van der Waals surface area contributed by atoms with Crippen LogP contribution in [-0.4, -0.2) is 39.0 Å². The number of carbonyl (C=O) groups excluding carboxylic acids is 1. The molecule has 0 saturated heterocycles. The molecule has 2 nitrogen and oxygen atoms in total. The summed E-state index contributed by atoms with van der Waals surface area (Å²) < 4.78 is 11.0. The molecule has 1 aliphatic carbocycles. The van der Waals surface area contributed by atoms with Crippen LogP contribution in [0.4, 0.5) is 0 Å². The third-order valence-corrected chi connectivity index (χ3v) is 28.8. The Hall–Kier alpha value is 0.486. The second-order valence-electron chi connectivity index (χ2n) is 9.37. The average Bonchev–Trinajstić information content (AvgIpc) is 3.32. The molecule has 0 aliphatic heterocycles. The molecule has 0 radical (unpaired) electrons. The van der Waals surface area contributed by atoms with Crippen molar-refractivity contribution in [2.24, 2.45) is 0 Å². The summed E-state index contributed by atoms with van der Waals surface area (Å²) in [6.07, 6.45) is 9.30. The molecule has 0 spiro atoms. The topological polar surface area (TPSA) is 26.3 Å². The molecule has 0 heterocycles. The van der Waals surface area contributed by atoms with E-state index in [1.165, 1.54) is 58.3 Å². The van der Waals surface area contributed by atoms with Gasteiger partial charge in [-0.1, -0.05) is 0 Å². The maximum absolute atomic E-state index is 13.1. The molecule has 2 atom stereocenters. The summed E-state index contributed by atoms with van der Waals surface area (Å²) >= 11 is -2.35. The molecule has 1 saturated carbocycles. The van der Waals surface area contributed by atoms with Crippen LogP contribution in [-0.2, 0) is 9.53 Å². The van der Waals surface area contributed by atoms with Crippen molar-refractivity contribution in [1.82, 2.24) is 0 Å². The fourth-order valence-electron chi connectivity index (χ4n) is 5.11. The Morgan fingerprint density at radius 1 is 0.960 bits per heavy atom. The van der Waals surface area contributed by atoms with Gasteiger partial charge in [0.05, 0.1) is 0 Å². The van der Waals surface area contributed by atoms with Gasteiger partial charge < -0.3 is 0 Å². The van der Waals surface area contributed by atoms with E-state index in [1.54, 1.807) is 0 Å². The molecule has 148 valence electrons. The van der Waals surface area contributed by atoms with E-state index in [1.807, 2.05) is 6.92 Å². The van der Waals surface area contributed by atoms with E-state index in [0.717, 1.165) is 3.93 Å². The van der Waals surface area contributed by atoms with Gasteiger partial charge in [-0.05, 0) is 0 Å². The Bertz CT molecular complexity index is 397. The molecule has 1 fully saturated rings. The molecule has 0 N–H and O–H groups in total. The van der Waals surface area contributed by atoms with Crippen LogP contribution in [0, 0.1) is 0 Å². The number of unbranched alkanes of at least 4 members (excludes halogenated alkanes) is 3. The zero-order valence-corrected chi connectivity index (χ0v) is 22.0. The summed E-state index contributed by atoms with van der Waals surface area (Å²) in [4.78, 5) is 13.1. The van der Waals surface area contributed by atoms with Crippen LogP contribution in [0.25, 0.3) is 0 Å². The molecule has 1 rings (SSSR count). The molecule has 0 amide bonds. The summed E-state index contributed by atoms with van der Waals surface area (Å²) in [6, 6.07) is 0. The predicted octanol–water partition coefficient (Wildman–Crippen LogP) is 7.25. The molecule has 0 unspecified atom stereocenters. The van der Waals surface area contributed by atoms with E-state index in [2.05, 4.69) is 40.4 Å². The number of hydrogen-bond acceptors (Lipinski definition) is 2. The van der Waals surface area contributed by atoms with E-state index in [9.17, 15) is 4.79 Å². The zero-order valence-electron chi connectivity index (χ0n) is 18.2. The minimum absolute atomic E-state index is 0.0334. The second-order valence-corrected chi connectivity index (χ2v) is 28.8. The Kier molecular flexibility index (Phi) is 9.55. The van der Waals surface area contributed by atoms with Crippen molar-refractivity contribution in [2.45, 2.75) is 115 Å². The molecule has 4 heteroatoms. The predicted molar refractivity (Wildman–Crippen MR) is 116 cm³/mol. The summed E-state index contributed by atoms with van der Waals surface area (Å²) in [7, 11) is -1.59. The van der Waals surface area contributed by atoms with Gasteiger partial charge in [0.2, 0.25) is 0 Å². The number of carbonyl (C=O) groups is 1. The first-order chi connectivity index (χ1) is 11.8. The van der Waals surface area contributed by atoms with Gasteiger partial charge in [0.1, 0.15) is 0 Å². The first kappa shape index (κ1) is 23.5. The van der Waals surface area contributed by atoms with E-state index in [0.29, 0.717) is 6.61 Å². The fraction of sp³-hybridized carbons (Fsp3) is 0.952. The van der Waals surface area contributed by atoms with Crippen molar-refractivity contribution >= 4 is 32.4 Å². The van der Waals surface area contributed by atoms with Crippen LogP contribution in [0.2, 0.25) is 41.9 Å². The van der Waals surface area contributed by atoms with E-state index in [4.69, 9.17) is 4.74 Å². The Morgan fingerprint density at radius 2 is 1.40 bits per heavy atom. The van der Waals surface area contributed by atoms with E-state index >= 15 is 0 Å². The Morgan fingerprint density at radius 3 is 1.72 bits per heavy atom. The molecule has 0 aromatic carbocycles. The molecular formula is C21H44O2SiSn. The standard InChI is InChI=1S/C9H17O2Si.3C4H9.Sn/c1-5-11-8(10)9(6-7-9)12(2,3)4;3*1-3-4-2;/h6H,5,7H2,1-4H3;3*1,3-4H2,2H3;/t9-;;;;/m1..../s1. The third-order valence-electron chi connectivity index (χ3n) is 6.76. The van der Waals surface area contributed by atoms with Crippen molar-refractivity contribution < 1.29 is 9.53 Å². The van der Waals surface area contributed by atoms with Gasteiger partial charge >= 0.3 is 163 Å². The number of ether oxygens (including phenoxy) is 1. The molecule has 25 heavy (non-hydrogen) atoms. The van der Waals surface area contributed by atoms with E-state index < -0.39 is 26.5 Å². The molecule has 0 aromatic heterocycles. The quantitative estimate of drug-likeness (QED) is 0.207. The van der Waals surface area contributed by atoms with Gasteiger partial charge in [0, 0.05) is 0 Å². The van der Waals surface area contributed by atoms with Gasteiger partial charge in [-0.3, -0.25) is 0 Å². The van der Waals surface area contributed by atoms with E-state index in [-0.39, 0.29) is 11.0 Å². The monoisotopic (exact) mass is 476 g/mol. The van der Waals surface area contributed by atoms with Crippen LogP contribution in [0.15, 0.2) is 0 Å². The van der Waals surface area contributed by atoms with Crippen molar-refractivity contribution in [3.8, 4) is 0 Å². The summed E-state index contributed by atoms with van der Waals surface area (Å²) in [5.74, 6) is 0.185. The van der Waals surface area contributed by atoms with Crippen LogP contribution >= 0.6 is 0 Å².